The van der Waals surface area contributed by atoms with Crippen LogP contribution in [0.5, 0.6) is 0 Å². The van der Waals surface area contributed by atoms with Crippen molar-refractivity contribution in [1.82, 2.24) is 10.3 Å². The molecule has 2 N–H and O–H groups in total. The zero-order valence-corrected chi connectivity index (χ0v) is 10.3. The maximum absolute atomic E-state index is 11.8. The van der Waals surface area contributed by atoms with Crippen LogP contribution in [0.25, 0.3) is 10.9 Å². The molecule has 0 fully saturated rings. The molecule has 0 aliphatic carbocycles. The molecule has 2 heterocycles. The third-order valence-electron chi connectivity index (χ3n) is 3.41. The summed E-state index contributed by atoms with van der Waals surface area (Å²) in [5.74, 6) is -0.159. The van der Waals surface area contributed by atoms with Crippen molar-refractivity contribution >= 4 is 16.9 Å². The lowest BCUT2D eigenvalue weighted by atomic mass is 9.99. The van der Waals surface area contributed by atoms with Crippen LogP contribution in [0.3, 0.4) is 0 Å². The quantitative estimate of drug-likeness (QED) is 0.791. The second kappa shape index (κ2) is 4.46. The van der Waals surface area contributed by atoms with Gasteiger partial charge in [-0.1, -0.05) is 18.2 Å². The number of benzene rings is 1. The van der Waals surface area contributed by atoms with Gasteiger partial charge in [-0.3, -0.25) is 10.1 Å². The van der Waals surface area contributed by atoms with Gasteiger partial charge in [-0.25, -0.2) is 0 Å². The summed E-state index contributed by atoms with van der Waals surface area (Å²) in [7, 11) is 0. The van der Waals surface area contributed by atoms with Crippen molar-refractivity contribution in [2.24, 2.45) is 0 Å². The molecule has 0 saturated heterocycles. The van der Waals surface area contributed by atoms with E-state index in [9.17, 15) is 4.79 Å². The maximum atomic E-state index is 11.8. The SMILES string of the molecule is CCOC(=O)[C@@H]1Cc2c([nH]c3ccccc23)CN1. The van der Waals surface area contributed by atoms with Gasteiger partial charge in [0.05, 0.1) is 6.61 Å². The number of aromatic amines is 1. The van der Waals surface area contributed by atoms with Crippen molar-refractivity contribution in [3.8, 4) is 0 Å². The first-order valence-electron chi connectivity index (χ1n) is 6.28. The molecule has 1 aromatic carbocycles. The molecule has 4 nitrogen and oxygen atoms in total. The summed E-state index contributed by atoms with van der Waals surface area (Å²) in [4.78, 5) is 15.2. The van der Waals surface area contributed by atoms with Crippen LogP contribution in [-0.4, -0.2) is 23.6 Å². The molecule has 0 amide bonds. The Bertz CT molecular complexity index is 588. The monoisotopic (exact) mass is 244 g/mol. The first-order valence-corrected chi connectivity index (χ1v) is 6.28. The molecule has 1 aliphatic heterocycles. The summed E-state index contributed by atoms with van der Waals surface area (Å²) in [6.07, 6.45) is 0.693. The van der Waals surface area contributed by atoms with Crippen LogP contribution >= 0.6 is 0 Å². The summed E-state index contributed by atoms with van der Waals surface area (Å²) in [6, 6.07) is 7.97. The minimum atomic E-state index is -0.225. The lowest BCUT2D eigenvalue weighted by Crippen LogP contribution is -2.42. The predicted molar refractivity (Wildman–Crippen MR) is 69.3 cm³/mol. The number of hydrogen-bond acceptors (Lipinski definition) is 3. The van der Waals surface area contributed by atoms with Crippen molar-refractivity contribution in [2.45, 2.75) is 25.9 Å². The summed E-state index contributed by atoms with van der Waals surface area (Å²) < 4.78 is 5.07. The van der Waals surface area contributed by atoms with Gasteiger partial charge in [-0.2, -0.15) is 0 Å². The first kappa shape index (κ1) is 11.3. The molecule has 3 rings (SSSR count). The highest BCUT2D eigenvalue weighted by molar-refractivity contribution is 5.86. The fourth-order valence-electron chi connectivity index (χ4n) is 2.55. The number of ether oxygens (including phenoxy) is 1. The van der Waals surface area contributed by atoms with Gasteiger partial charge in [-0.05, 0) is 18.6 Å². The number of rotatable bonds is 2. The van der Waals surface area contributed by atoms with E-state index >= 15 is 0 Å². The Morgan fingerprint density at radius 2 is 2.28 bits per heavy atom. The molecule has 1 aromatic heterocycles. The third-order valence-corrected chi connectivity index (χ3v) is 3.41. The average Bonchev–Trinajstić information content (AvgIpc) is 2.76. The highest BCUT2D eigenvalue weighted by Gasteiger charge is 2.27. The minimum absolute atomic E-state index is 0.159. The lowest BCUT2D eigenvalue weighted by Gasteiger charge is -2.22. The van der Waals surface area contributed by atoms with Crippen LogP contribution in [-0.2, 0) is 22.5 Å². The molecule has 2 aromatic rings. The number of nitrogens with one attached hydrogen (secondary N) is 2. The van der Waals surface area contributed by atoms with Crippen LogP contribution in [0.2, 0.25) is 0 Å². The second-order valence-electron chi connectivity index (χ2n) is 4.52. The Labute approximate surface area is 105 Å². The van der Waals surface area contributed by atoms with Crippen molar-refractivity contribution in [1.29, 1.82) is 0 Å². The molecule has 18 heavy (non-hydrogen) atoms. The number of carbonyl (C=O) groups excluding carboxylic acids is 1. The van der Waals surface area contributed by atoms with Crippen molar-refractivity contribution in [3.05, 3.63) is 35.5 Å². The van der Waals surface area contributed by atoms with E-state index in [-0.39, 0.29) is 12.0 Å². The molecule has 0 spiro atoms. The fourth-order valence-corrected chi connectivity index (χ4v) is 2.55. The summed E-state index contributed by atoms with van der Waals surface area (Å²) in [6.45, 7) is 2.95. The van der Waals surface area contributed by atoms with E-state index < -0.39 is 0 Å². The van der Waals surface area contributed by atoms with Crippen molar-refractivity contribution < 1.29 is 9.53 Å². The Morgan fingerprint density at radius 3 is 3.11 bits per heavy atom. The van der Waals surface area contributed by atoms with E-state index in [1.807, 2.05) is 19.1 Å². The molecular formula is C14H16N2O2. The first-order chi connectivity index (χ1) is 8.79. The van der Waals surface area contributed by atoms with Crippen molar-refractivity contribution in [3.63, 3.8) is 0 Å². The molecule has 0 bridgehead atoms. The van der Waals surface area contributed by atoms with Gasteiger partial charge >= 0.3 is 5.97 Å². The molecule has 0 unspecified atom stereocenters. The molecule has 0 radical (unpaired) electrons. The highest BCUT2D eigenvalue weighted by atomic mass is 16.5. The second-order valence-corrected chi connectivity index (χ2v) is 4.52. The van der Waals surface area contributed by atoms with Crippen LogP contribution in [0.15, 0.2) is 24.3 Å². The Hall–Kier alpha value is -1.81. The van der Waals surface area contributed by atoms with Gasteiger partial charge in [0.2, 0.25) is 0 Å². The number of carbonyl (C=O) groups is 1. The van der Waals surface area contributed by atoms with E-state index in [1.165, 1.54) is 16.6 Å². The number of aromatic nitrogens is 1. The zero-order valence-electron chi connectivity index (χ0n) is 10.3. The van der Waals surface area contributed by atoms with Crippen LogP contribution < -0.4 is 5.32 Å². The van der Waals surface area contributed by atoms with E-state index in [0.717, 1.165) is 5.52 Å². The zero-order chi connectivity index (χ0) is 12.5. The van der Waals surface area contributed by atoms with E-state index in [2.05, 4.69) is 22.4 Å². The van der Waals surface area contributed by atoms with Gasteiger partial charge in [0.1, 0.15) is 6.04 Å². The number of fused-ring (bicyclic) bond motifs is 3. The Kier molecular flexibility index (Phi) is 2.80. The van der Waals surface area contributed by atoms with Gasteiger partial charge in [-0.15, -0.1) is 0 Å². The highest BCUT2D eigenvalue weighted by Crippen LogP contribution is 2.26. The smallest absolute Gasteiger partial charge is 0.323 e. The number of H-pyrrole nitrogens is 1. The number of hydrogen-bond donors (Lipinski definition) is 2. The van der Waals surface area contributed by atoms with E-state index in [4.69, 9.17) is 4.74 Å². The van der Waals surface area contributed by atoms with Crippen LogP contribution in [0.1, 0.15) is 18.2 Å². The molecule has 0 saturated carbocycles. The maximum Gasteiger partial charge on any atom is 0.323 e. The summed E-state index contributed by atoms with van der Waals surface area (Å²) >= 11 is 0. The predicted octanol–water partition coefficient (Wildman–Crippen LogP) is 1.75. The topological polar surface area (TPSA) is 54.1 Å². The standard InChI is InChI=1S/C14H16N2O2/c1-2-18-14(17)12-7-10-9-5-3-4-6-11(9)16-13(10)8-15-12/h3-6,12,15-16H,2,7-8H2,1H3/t12-/m0/s1. The molecule has 94 valence electrons. The molecule has 1 aliphatic rings. The number of para-hydroxylation sites is 1. The largest absolute Gasteiger partial charge is 0.465 e. The van der Waals surface area contributed by atoms with Crippen LogP contribution in [0.4, 0.5) is 0 Å². The van der Waals surface area contributed by atoms with Gasteiger partial charge in [0, 0.05) is 29.6 Å². The van der Waals surface area contributed by atoms with Gasteiger partial charge < -0.3 is 9.72 Å². The number of esters is 1. The average molecular weight is 244 g/mol. The Balaban J connectivity index is 1.94. The van der Waals surface area contributed by atoms with E-state index in [0.29, 0.717) is 19.6 Å². The fraction of sp³-hybridized carbons (Fsp3) is 0.357. The van der Waals surface area contributed by atoms with Crippen LogP contribution in [0, 0.1) is 0 Å². The third kappa shape index (κ3) is 1.78. The molecular weight excluding hydrogens is 228 g/mol. The Morgan fingerprint density at radius 1 is 1.44 bits per heavy atom. The van der Waals surface area contributed by atoms with E-state index in [1.54, 1.807) is 0 Å². The van der Waals surface area contributed by atoms with Gasteiger partial charge in [0.15, 0.2) is 0 Å². The van der Waals surface area contributed by atoms with Crippen molar-refractivity contribution in [2.75, 3.05) is 6.61 Å². The lowest BCUT2D eigenvalue weighted by molar-refractivity contribution is -0.145. The molecule has 1 atom stereocenters. The summed E-state index contributed by atoms with van der Waals surface area (Å²) in [5.41, 5.74) is 3.55. The molecule has 4 heteroatoms. The normalized spacial score (nSPS) is 18.6. The minimum Gasteiger partial charge on any atom is -0.465 e. The van der Waals surface area contributed by atoms with Gasteiger partial charge in [0.25, 0.3) is 0 Å². The summed E-state index contributed by atoms with van der Waals surface area (Å²) in [5, 5.41) is 4.43.